The summed E-state index contributed by atoms with van der Waals surface area (Å²) in [7, 11) is -3.87. The van der Waals surface area contributed by atoms with Crippen LogP contribution in [0.4, 0.5) is 0 Å². The largest absolute Gasteiger partial charge is 0.379 e. The van der Waals surface area contributed by atoms with Gasteiger partial charge in [0, 0.05) is 21.9 Å². The van der Waals surface area contributed by atoms with Crippen LogP contribution in [-0.4, -0.2) is 13.4 Å². The fraction of sp³-hybridized carbons (Fsp3) is 0.143. The molecule has 4 nitrogen and oxygen atoms in total. The number of fused-ring (bicyclic) bond motifs is 3. The van der Waals surface area contributed by atoms with Gasteiger partial charge in [-0.25, -0.2) is 0 Å². The summed E-state index contributed by atoms with van der Waals surface area (Å²) in [5.41, 5.74) is 4.85. The van der Waals surface area contributed by atoms with Crippen molar-refractivity contribution < 1.29 is 12.6 Å². The first-order valence-electron chi connectivity index (χ1n) is 8.38. The number of hydrogen-bond donors (Lipinski definition) is 1. The third-order valence-corrected chi connectivity index (χ3v) is 5.90. The third-order valence-electron chi connectivity index (χ3n) is 4.65. The molecule has 1 heterocycles. The second-order valence-electron chi connectivity index (χ2n) is 6.64. The van der Waals surface area contributed by atoms with Gasteiger partial charge in [-0.3, -0.25) is 0 Å². The molecule has 26 heavy (non-hydrogen) atoms. The molecule has 4 aromatic rings. The van der Waals surface area contributed by atoms with Crippen LogP contribution in [0.25, 0.3) is 21.8 Å². The van der Waals surface area contributed by atoms with E-state index in [2.05, 4.69) is 23.2 Å². The maximum atomic E-state index is 12.6. The summed E-state index contributed by atoms with van der Waals surface area (Å²) in [6.07, 6.45) is 0. The molecule has 0 spiro atoms. The van der Waals surface area contributed by atoms with Crippen molar-refractivity contribution in [3.8, 4) is 5.75 Å². The Labute approximate surface area is 152 Å². The van der Waals surface area contributed by atoms with Crippen molar-refractivity contribution in [3.05, 3.63) is 71.3 Å². The van der Waals surface area contributed by atoms with E-state index >= 15 is 0 Å². The molecule has 0 aliphatic heterocycles. The highest BCUT2D eigenvalue weighted by Crippen LogP contribution is 2.34. The SMILES string of the molecule is Cc1ccc(S(=O)(=O)Oc2ccc3c([nH]c4cc(C)ccc43)c2C)cc1. The van der Waals surface area contributed by atoms with Crippen LogP contribution in [-0.2, 0) is 10.1 Å². The highest BCUT2D eigenvalue weighted by atomic mass is 32.2. The van der Waals surface area contributed by atoms with Gasteiger partial charge in [0.25, 0.3) is 0 Å². The van der Waals surface area contributed by atoms with E-state index < -0.39 is 10.1 Å². The van der Waals surface area contributed by atoms with Crippen LogP contribution in [0.2, 0.25) is 0 Å². The molecule has 0 saturated carbocycles. The van der Waals surface area contributed by atoms with Crippen LogP contribution in [0.1, 0.15) is 16.7 Å². The molecule has 1 N–H and O–H groups in total. The fourth-order valence-corrected chi connectivity index (χ4v) is 4.15. The molecule has 0 radical (unpaired) electrons. The molecule has 0 fully saturated rings. The Morgan fingerprint density at radius 2 is 1.46 bits per heavy atom. The normalized spacial score (nSPS) is 12.0. The van der Waals surface area contributed by atoms with Crippen molar-refractivity contribution >= 4 is 31.9 Å². The number of nitrogens with one attached hydrogen (secondary N) is 1. The predicted molar refractivity (Wildman–Crippen MR) is 104 cm³/mol. The first-order chi connectivity index (χ1) is 12.3. The van der Waals surface area contributed by atoms with Gasteiger partial charge in [-0.05, 0) is 56.7 Å². The van der Waals surface area contributed by atoms with Gasteiger partial charge in [0.1, 0.15) is 10.6 Å². The molecule has 0 aliphatic carbocycles. The van der Waals surface area contributed by atoms with Crippen LogP contribution in [0.15, 0.2) is 59.5 Å². The molecule has 1 aromatic heterocycles. The van der Waals surface area contributed by atoms with Gasteiger partial charge in [-0.1, -0.05) is 29.8 Å². The molecular weight excluding hydrogens is 346 g/mol. The maximum absolute atomic E-state index is 12.6. The maximum Gasteiger partial charge on any atom is 0.339 e. The van der Waals surface area contributed by atoms with Crippen LogP contribution in [0, 0.1) is 20.8 Å². The molecule has 0 unspecified atom stereocenters. The van der Waals surface area contributed by atoms with E-state index in [1.807, 2.05) is 26.8 Å². The van der Waals surface area contributed by atoms with E-state index in [9.17, 15) is 8.42 Å². The number of aromatic nitrogens is 1. The minimum Gasteiger partial charge on any atom is -0.379 e. The van der Waals surface area contributed by atoms with Crippen molar-refractivity contribution in [2.45, 2.75) is 25.7 Å². The topological polar surface area (TPSA) is 59.2 Å². The molecule has 0 bridgehead atoms. The Hall–Kier alpha value is -2.79. The van der Waals surface area contributed by atoms with Crippen LogP contribution in [0.5, 0.6) is 5.75 Å². The average Bonchev–Trinajstić information content (AvgIpc) is 2.96. The van der Waals surface area contributed by atoms with Gasteiger partial charge in [0.05, 0.1) is 5.52 Å². The number of aryl methyl sites for hydroxylation is 3. The summed E-state index contributed by atoms with van der Waals surface area (Å²) < 4.78 is 30.6. The number of hydrogen-bond acceptors (Lipinski definition) is 3. The lowest BCUT2D eigenvalue weighted by Crippen LogP contribution is -2.10. The summed E-state index contributed by atoms with van der Waals surface area (Å²) in [5.74, 6) is 0.335. The van der Waals surface area contributed by atoms with Crippen LogP contribution >= 0.6 is 0 Å². The van der Waals surface area contributed by atoms with E-state index in [0.717, 1.165) is 32.9 Å². The van der Waals surface area contributed by atoms with E-state index in [-0.39, 0.29) is 4.90 Å². The first-order valence-corrected chi connectivity index (χ1v) is 9.79. The molecule has 3 aromatic carbocycles. The van der Waals surface area contributed by atoms with E-state index in [4.69, 9.17) is 4.18 Å². The quantitative estimate of drug-likeness (QED) is 0.519. The summed E-state index contributed by atoms with van der Waals surface area (Å²) >= 11 is 0. The highest BCUT2D eigenvalue weighted by Gasteiger charge is 2.19. The summed E-state index contributed by atoms with van der Waals surface area (Å²) in [4.78, 5) is 3.53. The van der Waals surface area contributed by atoms with Crippen molar-refractivity contribution in [3.63, 3.8) is 0 Å². The molecule has 4 rings (SSSR count). The Morgan fingerprint density at radius 3 is 2.19 bits per heavy atom. The predicted octanol–water partition coefficient (Wildman–Crippen LogP) is 5.01. The number of aromatic amines is 1. The zero-order valence-corrected chi connectivity index (χ0v) is 15.6. The Bertz CT molecular complexity index is 1240. The smallest absolute Gasteiger partial charge is 0.339 e. The van der Waals surface area contributed by atoms with Crippen molar-refractivity contribution in [1.29, 1.82) is 0 Å². The van der Waals surface area contributed by atoms with Crippen LogP contribution in [0.3, 0.4) is 0 Å². The summed E-state index contributed by atoms with van der Waals surface area (Å²) in [5, 5.41) is 2.17. The number of benzene rings is 3. The Morgan fingerprint density at radius 1 is 0.808 bits per heavy atom. The molecule has 132 valence electrons. The standard InChI is InChI=1S/C21H19NO3S/c1-13-4-7-16(8-5-13)26(23,24)25-20-11-10-18-17-9-6-14(2)12-19(17)22-21(18)15(20)3/h4-12,22H,1-3H3. The molecule has 0 amide bonds. The highest BCUT2D eigenvalue weighted by molar-refractivity contribution is 7.87. The minimum absolute atomic E-state index is 0.148. The van der Waals surface area contributed by atoms with Gasteiger partial charge >= 0.3 is 10.1 Å². The Balaban J connectivity index is 1.81. The zero-order valence-electron chi connectivity index (χ0n) is 14.8. The van der Waals surface area contributed by atoms with Gasteiger partial charge in [-0.2, -0.15) is 8.42 Å². The van der Waals surface area contributed by atoms with Gasteiger partial charge < -0.3 is 9.17 Å². The minimum atomic E-state index is -3.87. The lowest BCUT2D eigenvalue weighted by Gasteiger charge is -2.10. The lowest BCUT2D eigenvalue weighted by molar-refractivity contribution is 0.484. The van der Waals surface area contributed by atoms with Gasteiger partial charge in [0.2, 0.25) is 0 Å². The third kappa shape index (κ3) is 2.74. The molecule has 0 saturated heterocycles. The van der Waals surface area contributed by atoms with Gasteiger partial charge in [0.15, 0.2) is 0 Å². The fourth-order valence-electron chi connectivity index (χ4n) is 3.17. The molecule has 0 atom stereocenters. The van der Waals surface area contributed by atoms with Crippen molar-refractivity contribution in [2.75, 3.05) is 0 Å². The Kier molecular flexibility index (Phi) is 3.77. The van der Waals surface area contributed by atoms with Crippen molar-refractivity contribution in [1.82, 2.24) is 4.98 Å². The van der Waals surface area contributed by atoms with E-state index in [1.165, 1.54) is 5.56 Å². The first kappa shape index (κ1) is 16.7. The molecular formula is C21H19NO3S. The molecule has 0 aliphatic rings. The number of H-pyrrole nitrogens is 1. The second kappa shape index (κ2) is 5.88. The monoisotopic (exact) mass is 365 g/mol. The van der Waals surface area contributed by atoms with E-state index in [0.29, 0.717) is 5.75 Å². The van der Waals surface area contributed by atoms with Gasteiger partial charge in [-0.15, -0.1) is 0 Å². The molecule has 5 heteroatoms. The average molecular weight is 365 g/mol. The lowest BCUT2D eigenvalue weighted by atomic mass is 10.1. The second-order valence-corrected chi connectivity index (χ2v) is 8.18. The van der Waals surface area contributed by atoms with Crippen LogP contribution < -0.4 is 4.18 Å². The summed E-state index contributed by atoms with van der Waals surface area (Å²) in [6, 6.07) is 16.5. The number of rotatable bonds is 3. The van der Waals surface area contributed by atoms with Crippen molar-refractivity contribution in [2.24, 2.45) is 0 Å². The van der Waals surface area contributed by atoms with E-state index in [1.54, 1.807) is 30.3 Å². The zero-order chi connectivity index (χ0) is 18.5. The summed E-state index contributed by atoms with van der Waals surface area (Å²) in [6.45, 7) is 5.82.